The number of likely N-dealkylation sites (N-methyl/N-ethyl adjacent to an activating group) is 1. The van der Waals surface area contributed by atoms with Crippen molar-refractivity contribution in [2.24, 2.45) is 11.1 Å². The van der Waals surface area contributed by atoms with Crippen LogP contribution in [0.3, 0.4) is 0 Å². The first-order valence-corrected chi connectivity index (χ1v) is 5.61. The first-order valence-electron chi connectivity index (χ1n) is 5.61. The van der Waals surface area contributed by atoms with E-state index in [0.29, 0.717) is 0 Å². The second kappa shape index (κ2) is 4.82. The molecule has 16 heavy (non-hydrogen) atoms. The Morgan fingerprint density at radius 3 is 2.62 bits per heavy atom. The third kappa shape index (κ3) is 2.95. The lowest BCUT2D eigenvalue weighted by atomic mass is 9.77. The zero-order valence-corrected chi connectivity index (χ0v) is 10.2. The quantitative estimate of drug-likeness (QED) is 0.695. The van der Waals surface area contributed by atoms with Gasteiger partial charge in [0.25, 0.3) is 0 Å². The third-order valence-corrected chi connectivity index (χ3v) is 3.14. The summed E-state index contributed by atoms with van der Waals surface area (Å²) in [5.74, 6) is -0.534. The van der Waals surface area contributed by atoms with Gasteiger partial charge in [-0.2, -0.15) is 0 Å². The summed E-state index contributed by atoms with van der Waals surface area (Å²) < 4.78 is 0. The van der Waals surface area contributed by atoms with Gasteiger partial charge in [0.15, 0.2) is 0 Å². The van der Waals surface area contributed by atoms with Crippen molar-refractivity contribution in [1.29, 1.82) is 0 Å². The van der Waals surface area contributed by atoms with Crippen LogP contribution in [0.25, 0.3) is 0 Å². The Morgan fingerprint density at radius 1 is 1.50 bits per heavy atom. The molecule has 1 heterocycles. The van der Waals surface area contributed by atoms with E-state index in [-0.39, 0.29) is 23.9 Å². The smallest absolute Gasteiger partial charge is 0.240 e. The van der Waals surface area contributed by atoms with E-state index < -0.39 is 5.91 Å². The maximum Gasteiger partial charge on any atom is 0.240 e. The maximum absolute atomic E-state index is 12.1. The molecule has 1 fully saturated rings. The second-order valence-electron chi connectivity index (χ2n) is 5.14. The van der Waals surface area contributed by atoms with Crippen LogP contribution >= 0.6 is 0 Å². The van der Waals surface area contributed by atoms with E-state index in [1.54, 1.807) is 7.05 Å². The topological polar surface area (TPSA) is 75.4 Å². The summed E-state index contributed by atoms with van der Waals surface area (Å²) in [6.45, 7) is 4.97. The molecule has 0 radical (unpaired) electrons. The fourth-order valence-corrected chi connectivity index (χ4v) is 2.16. The number of piperidine rings is 1. The molecular weight excluding hydrogens is 206 g/mol. The predicted molar refractivity (Wildman–Crippen MR) is 61.6 cm³/mol. The normalized spacial score (nSPS) is 23.8. The van der Waals surface area contributed by atoms with Crippen LogP contribution in [0.15, 0.2) is 0 Å². The highest BCUT2D eigenvalue weighted by Crippen LogP contribution is 2.30. The minimum atomic E-state index is -0.482. The SMILES string of the molecule is CN(CC(N)=O)C(=O)C1NCCCC1(C)C. The molecule has 1 atom stereocenters. The summed E-state index contributed by atoms with van der Waals surface area (Å²) in [7, 11) is 1.61. The molecule has 2 amide bonds. The monoisotopic (exact) mass is 227 g/mol. The molecule has 5 heteroatoms. The van der Waals surface area contributed by atoms with Gasteiger partial charge in [-0.05, 0) is 24.8 Å². The van der Waals surface area contributed by atoms with Crippen LogP contribution in [0.1, 0.15) is 26.7 Å². The van der Waals surface area contributed by atoms with Crippen LogP contribution in [0, 0.1) is 5.41 Å². The van der Waals surface area contributed by atoms with Crippen LogP contribution in [0.5, 0.6) is 0 Å². The number of hydrogen-bond donors (Lipinski definition) is 2. The van der Waals surface area contributed by atoms with Crippen LogP contribution < -0.4 is 11.1 Å². The third-order valence-electron chi connectivity index (χ3n) is 3.14. The Kier molecular flexibility index (Phi) is 3.91. The molecule has 92 valence electrons. The minimum absolute atomic E-state index is 0.0207. The molecule has 3 N–H and O–H groups in total. The number of carbonyl (C=O) groups excluding carboxylic acids is 2. The van der Waals surface area contributed by atoms with Crippen molar-refractivity contribution in [3.05, 3.63) is 0 Å². The van der Waals surface area contributed by atoms with Crippen molar-refractivity contribution < 1.29 is 9.59 Å². The van der Waals surface area contributed by atoms with E-state index in [4.69, 9.17) is 5.73 Å². The second-order valence-corrected chi connectivity index (χ2v) is 5.14. The van der Waals surface area contributed by atoms with Crippen molar-refractivity contribution in [3.63, 3.8) is 0 Å². The first-order chi connectivity index (χ1) is 7.34. The molecule has 0 aliphatic carbocycles. The molecule has 0 saturated carbocycles. The van der Waals surface area contributed by atoms with Gasteiger partial charge in [0.1, 0.15) is 0 Å². The van der Waals surface area contributed by atoms with Crippen molar-refractivity contribution in [2.45, 2.75) is 32.7 Å². The number of rotatable bonds is 3. The molecule has 1 aliphatic rings. The largest absolute Gasteiger partial charge is 0.368 e. The zero-order valence-electron chi connectivity index (χ0n) is 10.2. The molecule has 0 bridgehead atoms. The van der Waals surface area contributed by atoms with Gasteiger partial charge in [-0.25, -0.2) is 0 Å². The Balaban J connectivity index is 2.68. The van der Waals surface area contributed by atoms with Gasteiger partial charge in [-0.1, -0.05) is 13.8 Å². The van der Waals surface area contributed by atoms with Gasteiger partial charge in [0, 0.05) is 7.05 Å². The van der Waals surface area contributed by atoms with Crippen molar-refractivity contribution >= 4 is 11.8 Å². The van der Waals surface area contributed by atoms with Gasteiger partial charge in [0.05, 0.1) is 12.6 Å². The predicted octanol–water partition coefficient (Wildman–Crippen LogP) is -0.292. The highest BCUT2D eigenvalue weighted by atomic mass is 16.2. The van der Waals surface area contributed by atoms with E-state index in [1.165, 1.54) is 4.90 Å². The number of hydrogen-bond acceptors (Lipinski definition) is 3. The average Bonchev–Trinajstić information content (AvgIpc) is 2.15. The number of amides is 2. The van der Waals surface area contributed by atoms with E-state index in [0.717, 1.165) is 19.4 Å². The summed E-state index contributed by atoms with van der Waals surface area (Å²) in [6, 6.07) is -0.217. The van der Waals surface area contributed by atoms with E-state index in [9.17, 15) is 9.59 Å². The Bertz CT molecular complexity index is 289. The van der Waals surface area contributed by atoms with Gasteiger partial charge in [0.2, 0.25) is 11.8 Å². The summed E-state index contributed by atoms with van der Waals surface area (Å²) in [6.07, 6.45) is 2.09. The summed E-state index contributed by atoms with van der Waals surface area (Å²) in [4.78, 5) is 24.3. The van der Waals surface area contributed by atoms with E-state index in [2.05, 4.69) is 19.2 Å². The van der Waals surface area contributed by atoms with Crippen LogP contribution in [0.2, 0.25) is 0 Å². The molecular formula is C11H21N3O2. The minimum Gasteiger partial charge on any atom is -0.368 e. The summed E-state index contributed by atoms with van der Waals surface area (Å²) in [5.41, 5.74) is 5.01. The molecule has 0 aromatic heterocycles. The summed E-state index contributed by atoms with van der Waals surface area (Å²) >= 11 is 0. The molecule has 1 aliphatic heterocycles. The summed E-state index contributed by atoms with van der Waals surface area (Å²) in [5, 5.41) is 3.22. The highest BCUT2D eigenvalue weighted by Gasteiger charge is 2.38. The Hall–Kier alpha value is -1.10. The molecule has 0 aromatic rings. The molecule has 0 aromatic carbocycles. The van der Waals surface area contributed by atoms with Gasteiger partial charge >= 0.3 is 0 Å². The van der Waals surface area contributed by atoms with Crippen molar-refractivity contribution in [3.8, 4) is 0 Å². The van der Waals surface area contributed by atoms with E-state index >= 15 is 0 Å². The average molecular weight is 227 g/mol. The zero-order chi connectivity index (χ0) is 12.3. The lowest BCUT2D eigenvalue weighted by Gasteiger charge is -2.39. The molecule has 1 saturated heterocycles. The Labute approximate surface area is 96.4 Å². The molecule has 5 nitrogen and oxygen atoms in total. The molecule has 1 unspecified atom stereocenters. The fraction of sp³-hybridized carbons (Fsp3) is 0.818. The number of primary amides is 1. The Morgan fingerprint density at radius 2 is 2.12 bits per heavy atom. The maximum atomic E-state index is 12.1. The van der Waals surface area contributed by atoms with Crippen LogP contribution in [0.4, 0.5) is 0 Å². The lowest BCUT2D eigenvalue weighted by molar-refractivity contribution is -0.138. The van der Waals surface area contributed by atoms with Crippen molar-refractivity contribution in [2.75, 3.05) is 20.1 Å². The molecule has 1 rings (SSSR count). The van der Waals surface area contributed by atoms with Crippen molar-refractivity contribution in [1.82, 2.24) is 10.2 Å². The highest BCUT2D eigenvalue weighted by molar-refractivity contribution is 5.87. The van der Waals surface area contributed by atoms with Gasteiger partial charge in [-0.15, -0.1) is 0 Å². The lowest BCUT2D eigenvalue weighted by Crippen LogP contribution is -2.56. The first kappa shape index (κ1) is 13.0. The number of nitrogens with two attached hydrogens (primary N) is 1. The van der Waals surface area contributed by atoms with Crippen LogP contribution in [-0.2, 0) is 9.59 Å². The number of nitrogens with zero attached hydrogens (tertiary/aromatic N) is 1. The van der Waals surface area contributed by atoms with Gasteiger partial charge < -0.3 is 16.0 Å². The van der Waals surface area contributed by atoms with Crippen LogP contribution in [-0.4, -0.2) is 42.9 Å². The standard InChI is InChI=1S/C11H21N3O2/c1-11(2)5-4-6-13-9(11)10(16)14(3)7-8(12)15/h9,13H,4-7H2,1-3H3,(H2,12,15). The molecule has 0 spiro atoms. The van der Waals surface area contributed by atoms with E-state index in [1.807, 2.05) is 0 Å². The number of carbonyl (C=O) groups is 2. The fourth-order valence-electron chi connectivity index (χ4n) is 2.16. The number of nitrogens with one attached hydrogen (secondary N) is 1. The van der Waals surface area contributed by atoms with Gasteiger partial charge in [-0.3, -0.25) is 9.59 Å².